The molecule has 3 aromatic rings. The van der Waals surface area contributed by atoms with Gasteiger partial charge in [-0.1, -0.05) is 41.9 Å². The van der Waals surface area contributed by atoms with E-state index in [2.05, 4.69) is 21.5 Å². The van der Waals surface area contributed by atoms with Crippen molar-refractivity contribution in [1.82, 2.24) is 21.5 Å². The Morgan fingerprint density at radius 1 is 0.966 bits per heavy atom. The maximum Gasteiger partial charge on any atom is 0.315 e. The topological polar surface area (TPSA) is 112 Å². The van der Waals surface area contributed by atoms with E-state index < -0.39 is 17.8 Å². The quantitative estimate of drug-likeness (QED) is 0.481. The molecule has 0 aliphatic carbocycles. The second-order valence-corrected chi connectivity index (χ2v) is 6.65. The monoisotopic (exact) mass is 414 g/mol. The van der Waals surface area contributed by atoms with E-state index in [1.165, 1.54) is 0 Å². The number of amides is 4. The fourth-order valence-electron chi connectivity index (χ4n) is 2.63. The molecule has 0 aliphatic rings. The van der Waals surface area contributed by atoms with Gasteiger partial charge in [0.25, 0.3) is 5.91 Å². The van der Waals surface area contributed by atoms with E-state index >= 15 is 0 Å². The van der Waals surface area contributed by atoms with E-state index in [0.29, 0.717) is 16.2 Å². The molecule has 0 radical (unpaired) electrons. The second kappa shape index (κ2) is 9.11. The zero-order valence-electron chi connectivity index (χ0n) is 15.5. The largest absolute Gasteiger partial charge is 0.451 e. The van der Waals surface area contributed by atoms with Crippen LogP contribution in [0.3, 0.4) is 0 Å². The van der Waals surface area contributed by atoms with Gasteiger partial charge in [-0.25, -0.2) is 4.79 Å². The number of urea groups is 1. The Kier molecular flexibility index (Phi) is 6.36. The molecule has 0 atom stereocenters. The number of para-hydroxylation sites is 1. The molecule has 2 aromatic carbocycles. The van der Waals surface area contributed by atoms with Crippen molar-refractivity contribution in [3.8, 4) is 0 Å². The lowest BCUT2D eigenvalue weighted by molar-refractivity contribution is -0.120. The lowest BCUT2D eigenvalue weighted by Gasteiger charge is -2.09. The second-order valence-electron chi connectivity index (χ2n) is 6.22. The third-order valence-electron chi connectivity index (χ3n) is 4.14. The van der Waals surface area contributed by atoms with Gasteiger partial charge in [-0.05, 0) is 30.7 Å². The number of hydrogen-bond donors (Lipinski definition) is 4. The molecule has 0 saturated heterocycles. The molecular weight excluding hydrogens is 396 g/mol. The molecule has 4 N–H and O–H groups in total. The third kappa shape index (κ3) is 5.26. The number of carbonyl (C=O) groups excluding carboxylic acids is 3. The molecule has 0 spiro atoms. The van der Waals surface area contributed by atoms with Gasteiger partial charge in [0, 0.05) is 22.5 Å². The Morgan fingerprint density at radius 2 is 1.69 bits per heavy atom. The highest BCUT2D eigenvalue weighted by atomic mass is 35.5. The first-order valence-electron chi connectivity index (χ1n) is 8.77. The fraction of sp³-hybridized carbons (Fsp3) is 0.150. The highest BCUT2D eigenvalue weighted by molar-refractivity contribution is 6.30. The van der Waals surface area contributed by atoms with Crippen LogP contribution in [0.25, 0.3) is 11.0 Å². The van der Waals surface area contributed by atoms with Gasteiger partial charge in [0.2, 0.25) is 0 Å². The number of halogens is 1. The molecule has 0 saturated carbocycles. The Bertz CT molecular complexity index is 1050. The van der Waals surface area contributed by atoms with E-state index in [4.69, 9.17) is 16.0 Å². The van der Waals surface area contributed by atoms with Gasteiger partial charge in [-0.3, -0.25) is 20.4 Å². The minimum absolute atomic E-state index is 0.111. The molecule has 0 aliphatic heterocycles. The van der Waals surface area contributed by atoms with Crippen molar-refractivity contribution in [2.24, 2.45) is 0 Å². The number of benzene rings is 2. The summed E-state index contributed by atoms with van der Waals surface area (Å²) in [7, 11) is 0. The van der Waals surface area contributed by atoms with Crippen molar-refractivity contribution >= 4 is 40.4 Å². The lowest BCUT2D eigenvalue weighted by Crippen LogP contribution is -2.47. The minimum atomic E-state index is -0.589. The predicted molar refractivity (Wildman–Crippen MR) is 108 cm³/mol. The van der Waals surface area contributed by atoms with Crippen LogP contribution in [0.4, 0.5) is 4.79 Å². The molecule has 1 heterocycles. The summed E-state index contributed by atoms with van der Waals surface area (Å²) in [5, 5.41) is 6.44. The molecule has 0 fully saturated rings. The first-order chi connectivity index (χ1) is 13.9. The number of hydrogen-bond acceptors (Lipinski definition) is 4. The molecule has 1 aromatic heterocycles. The molecular formula is C20H19ClN4O4. The molecule has 3 rings (SSSR count). The van der Waals surface area contributed by atoms with Gasteiger partial charge in [0.15, 0.2) is 5.76 Å². The van der Waals surface area contributed by atoms with Gasteiger partial charge < -0.3 is 15.1 Å². The fourth-order valence-corrected chi connectivity index (χ4v) is 2.75. The van der Waals surface area contributed by atoms with Crippen LogP contribution in [-0.4, -0.2) is 24.4 Å². The van der Waals surface area contributed by atoms with E-state index in [0.717, 1.165) is 10.9 Å². The van der Waals surface area contributed by atoms with Crippen molar-refractivity contribution in [3.05, 3.63) is 70.4 Å². The van der Waals surface area contributed by atoms with Crippen molar-refractivity contribution in [2.45, 2.75) is 13.5 Å². The summed E-state index contributed by atoms with van der Waals surface area (Å²) in [6.07, 6.45) is 0. The van der Waals surface area contributed by atoms with Crippen LogP contribution in [0.15, 0.2) is 52.9 Å². The molecule has 0 unspecified atom stereocenters. The van der Waals surface area contributed by atoms with Crippen LogP contribution in [0.5, 0.6) is 0 Å². The highest BCUT2D eigenvalue weighted by Crippen LogP contribution is 2.24. The summed E-state index contributed by atoms with van der Waals surface area (Å²) in [4.78, 5) is 35.8. The maximum atomic E-state index is 12.2. The Labute approximate surface area is 171 Å². The van der Waals surface area contributed by atoms with Gasteiger partial charge in [0.05, 0.1) is 0 Å². The van der Waals surface area contributed by atoms with E-state index in [9.17, 15) is 14.4 Å². The Hall–Kier alpha value is -3.52. The van der Waals surface area contributed by atoms with Crippen LogP contribution in [0.1, 0.15) is 21.7 Å². The van der Waals surface area contributed by atoms with Crippen molar-refractivity contribution in [2.75, 3.05) is 6.54 Å². The molecule has 4 amide bonds. The average molecular weight is 415 g/mol. The summed E-state index contributed by atoms with van der Waals surface area (Å²) in [6.45, 7) is 1.73. The summed E-state index contributed by atoms with van der Waals surface area (Å²) in [5.74, 6) is -1.06. The van der Waals surface area contributed by atoms with E-state index in [1.54, 1.807) is 43.3 Å². The zero-order valence-corrected chi connectivity index (χ0v) is 16.3. The standard InChI is InChI=1S/C20H19ClN4O4/c1-12-15-4-2-3-5-16(15)29-18(12)19(27)25-24-17(26)11-23-20(28)22-10-13-6-8-14(21)9-7-13/h2-9H,10-11H2,1H3,(H,24,26)(H,25,27)(H2,22,23,28). The van der Waals surface area contributed by atoms with Gasteiger partial charge >= 0.3 is 11.9 Å². The minimum Gasteiger partial charge on any atom is -0.451 e. The van der Waals surface area contributed by atoms with Crippen LogP contribution < -0.4 is 21.5 Å². The zero-order chi connectivity index (χ0) is 20.8. The normalized spacial score (nSPS) is 10.4. The van der Waals surface area contributed by atoms with Gasteiger partial charge in [0.1, 0.15) is 12.1 Å². The lowest BCUT2D eigenvalue weighted by atomic mass is 10.1. The summed E-state index contributed by atoms with van der Waals surface area (Å²) < 4.78 is 5.52. The number of aryl methyl sites for hydroxylation is 1. The first-order valence-corrected chi connectivity index (χ1v) is 9.15. The van der Waals surface area contributed by atoms with Crippen LogP contribution in [-0.2, 0) is 11.3 Å². The van der Waals surface area contributed by atoms with Crippen LogP contribution in [0.2, 0.25) is 5.02 Å². The molecule has 0 bridgehead atoms. The molecule has 9 heteroatoms. The summed E-state index contributed by atoms with van der Waals surface area (Å²) in [5.41, 5.74) is 6.62. The summed E-state index contributed by atoms with van der Waals surface area (Å²) >= 11 is 5.80. The third-order valence-corrected chi connectivity index (χ3v) is 4.39. The first kappa shape index (κ1) is 20.2. The average Bonchev–Trinajstić information content (AvgIpc) is 3.07. The predicted octanol–water partition coefficient (Wildman–Crippen LogP) is 2.66. The Balaban J connectivity index is 1.42. The molecule has 8 nitrogen and oxygen atoms in total. The van der Waals surface area contributed by atoms with E-state index in [-0.39, 0.29) is 18.8 Å². The summed E-state index contributed by atoms with van der Waals surface area (Å²) in [6, 6.07) is 13.7. The van der Waals surface area contributed by atoms with E-state index in [1.807, 2.05) is 12.1 Å². The highest BCUT2D eigenvalue weighted by Gasteiger charge is 2.17. The maximum absolute atomic E-state index is 12.2. The number of nitrogens with one attached hydrogen (secondary N) is 4. The van der Waals surface area contributed by atoms with Gasteiger partial charge in [-0.15, -0.1) is 0 Å². The number of carbonyl (C=O) groups is 3. The Morgan fingerprint density at radius 3 is 2.41 bits per heavy atom. The van der Waals surface area contributed by atoms with Crippen LogP contribution in [0, 0.1) is 6.92 Å². The number of fused-ring (bicyclic) bond motifs is 1. The van der Waals surface area contributed by atoms with Crippen molar-refractivity contribution in [1.29, 1.82) is 0 Å². The SMILES string of the molecule is Cc1c(C(=O)NNC(=O)CNC(=O)NCc2ccc(Cl)cc2)oc2ccccc12. The van der Waals surface area contributed by atoms with Crippen molar-refractivity contribution in [3.63, 3.8) is 0 Å². The van der Waals surface area contributed by atoms with Gasteiger partial charge in [-0.2, -0.15) is 0 Å². The van der Waals surface area contributed by atoms with Crippen LogP contribution >= 0.6 is 11.6 Å². The molecule has 150 valence electrons. The number of furan rings is 1. The number of hydrazine groups is 1. The van der Waals surface area contributed by atoms with Crippen molar-refractivity contribution < 1.29 is 18.8 Å². The molecule has 29 heavy (non-hydrogen) atoms. The smallest absolute Gasteiger partial charge is 0.315 e. The number of rotatable bonds is 5.